The van der Waals surface area contributed by atoms with Gasteiger partial charge in [0.25, 0.3) is 0 Å². The molecular formula is C20H25ClN4O2. The molecule has 2 aromatic rings. The van der Waals surface area contributed by atoms with Crippen molar-refractivity contribution in [1.82, 2.24) is 14.8 Å². The number of carbonyl (C=O) groups is 2. The molecule has 1 saturated heterocycles. The number of hydrogen-bond acceptors (Lipinski definition) is 3. The average Bonchev–Trinajstić information content (AvgIpc) is 3.25. The van der Waals surface area contributed by atoms with Crippen molar-refractivity contribution in [2.75, 3.05) is 25.0 Å². The minimum absolute atomic E-state index is 0.0621. The van der Waals surface area contributed by atoms with E-state index in [1.165, 1.54) is 5.69 Å². The molecule has 1 fully saturated rings. The molecule has 0 bridgehead atoms. The van der Waals surface area contributed by atoms with Crippen LogP contribution in [0.5, 0.6) is 0 Å². The van der Waals surface area contributed by atoms with Crippen molar-refractivity contribution >= 4 is 29.1 Å². The van der Waals surface area contributed by atoms with Crippen LogP contribution in [0.25, 0.3) is 0 Å². The number of nitrogens with one attached hydrogen (secondary N) is 2. The van der Waals surface area contributed by atoms with Gasteiger partial charge in [0.05, 0.1) is 19.1 Å². The number of aromatic nitrogens is 1. The molecule has 1 aromatic carbocycles. The number of hydrogen-bond donors (Lipinski definition) is 2. The Morgan fingerprint density at radius 3 is 2.78 bits per heavy atom. The SMILES string of the molecule is Cc1c(Cl)cccc1NC(=O)CNC(=O)CN1CCC[C@H]1c1cccn1C. The monoisotopic (exact) mass is 388 g/mol. The molecule has 27 heavy (non-hydrogen) atoms. The molecule has 1 aromatic heterocycles. The van der Waals surface area contributed by atoms with E-state index in [9.17, 15) is 9.59 Å². The van der Waals surface area contributed by atoms with Gasteiger partial charge in [-0.15, -0.1) is 0 Å². The molecule has 2 amide bonds. The molecule has 0 saturated carbocycles. The quantitative estimate of drug-likeness (QED) is 0.799. The van der Waals surface area contributed by atoms with E-state index in [1.54, 1.807) is 18.2 Å². The third-order valence-corrected chi connectivity index (χ3v) is 5.43. The second-order valence-electron chi connectivity index (χ2n) is 6.91. The van der Waals surface area contributed by atoms with Gasteiger partial charge in [0, 0.05) is 29.6 Å². The summed E-state index contributed by atoms with van der Waals surface area (Å²) in [6.45, 7) is 2.96. The Kier molecular flexibility index (Phi) is 6.19. The van der Waals surface area contributed by atoms with Crippen LogP contribution >= 0.6 is 11.6 Å². The molecule has 6 nitrogen and oxygen atoms in total. The maximum absolute atomic E-state index is 12.3. The number of anilines is 1. The van der Waals surface area contributed by atoms with Gasteiger partial charge in [-0.3, -0.25) is 14.5 Å². The Morgan fingerprint density at radius 2 is 2.04 bits per heavy atom. The molecule has 144 valence electrons. The summed E-state index contributed by atoms with van der Waals surface area (Å²) in [6, 6.07) is 9.71. The lowest BCUT2D eigenvalue weighted by atomic mass is 10.1. The van der Waals surface area contributed by atoms with Crippen LogP contribution in [0.3, 0.4) is 0 Å². The van der Waals surface area contributed by atoms with Gasteiger partial charge in [-0.2, -0.15) is 0 Å². The third kappa shape index (κ3) is 4.70. The molecule has 2 heterocycles. The predicted octanol–water partition coefficient (Wildman–Crippen LogP) is 2.88. The average molecular weight is 389 g/mol. The first-order valence-corrected chi connectivity index (χ1v) is 9.50. The summed E-state index contributed by atoms with van der Waals surface area (Å²) in [5.74, 6) is -0.414. The number of amides is 2. The molecule has 1 aliphatic heterocycles. The molecule has 1 aliphatic rings. The van der Waals surface area contributed by atoms with Crippen molar-refractivity contribution < 1.29 is 9.59 Å². The first kappa shape index (κ1) is 19.5. The molecule has 0 radical (unpaired) electrons. The zero-order valence-electron chi connectivity index (χ0n) is 15.7. The van der Waals surface area contributed by atoms with Crippen LogP contribution in [-0.4, -0.2) is 40.9 Å². The van der Waals surface area contributed by atoms with E-state index in [2.05, 4.69) is 26.2 Å². The van der Waals surface area contributed by atoms with Crippen LogP contribution in [0.2, 0.25) is 5.02 Å². The fourth-order valence-corrected chi connectivity index (χ4v) is 3.70. The molecule has 7 heteroatoms. The third-order valence-electron chi connectivity index (χ3n) is 5.02. The van der Waals surface area contributed by atoms with Crippen LogP contribution in [0, 0.1) is 6.92 Å². The van der Waals surface area contributed by atoms with Crippen LogP contribution in [0.1, 0.15) is 30.1 Å². The topological polar surface area (TPSA) is 66.4 Å². The van der Waals surface area contributed by atoms with Gasteiger partial charge >= 0.3 is 0 Å². The number of halogens is 1. The lowest BCUT2D eigenvalue weighted by Crippen LogP contribution is -2.40. The number of rotatable bonds is 6. The second kappa shape index (κ2) is 8.59. The highest BCUT2D eigenvalue weighted by Gasteiger charge is 2.28. The summed E-state index contributed by atoms with van der Waals surface area (Å²) >= 11 is 6.06. The van der Waals surface area contributed by atoms with Crippen molar-refractivity contribution in [3.63, 3.8) is 0 Å². The Morgan fingerprint density at radius 1 is 1.22 bits per heavy atom. The van der Waals surface area contributed by atoms with Gasteiger partial charge in [-0.05, 0) is 56.1 Å². The van der Waals surface area contributed by atoms with Crippen molar-refractivity contribution in [1.29, 1.82) is 0 Å². The standard InChI is InChI=1S/C20H25ClN4O2/c1-14-15(21)6-3-7-16(14)23-19(26)12-22-20(27)13-25-11-5-9-18(25)17-8-4-10-24(17)2/h3-4,6-8,10,18H,5,9,11-13H2,1-2H3,(H,22,27)(H,23,26)/t18-/m0/s1. The van der Waals surface area contributed by atoms with Crippen molar-refractivity contribution in [2.24, 2.45) is 7.05 Å². The van der Waals surface area contributed by atoms with E-state index in [4.69, 9.17) is 11.6 Å². The van der Waals surface area contributed by atoms with E-state index in [0.717, 1.165) is 24.9 Å². The fraction of sp³-hybridized carbons (Fsp3) is 0.400. The highest BCUT2D eigenvalue weighted by atomic mass is 35.5. The summed E-state index contributed by atoms with van der Waals surface area (Å²) < 4.78 is 2.10. The van der Waals surface area contributed by atoms with Gasteiger partial charge in [0.15, 0.2) is 0 Å². The summed E-state index contributed by atoms with van der Waals surface area (Å²) in [4.78, 5) is 26.6. The second-order valence-corrected chi connectivity index (χ2v) is 7.32. The van der Waals surface area contributed by atoms with E-state index >= 15 is 0 Å². The summed E-state index contributed by atoms with van der Waals surface area (Å²) in [6.07, 6.45) is 4.13. The van der Waals surface area contributed by atoms with Gasteiger partial charge in [0.1, 0.15) is 0 Å². The van der Waals surface area contributed by atoms with Crippen molar-refractivity contribution in [2.45, 2.75) is 25.8 Å². The number of benzene rings is 1. The molecule has 0 spiro atoms. The lowest BCUT2D eigenvalue weighted by Gasteiger charge is -2.24. The number of carbonyl (C=O) groups excluding carboxylic acids is 2. The van der Waals surface area contributed by atoms with Crippen LogP contribution in [-0.2, 0) is 16.6 Å². The van der Waals surface area contributed by atoms with Gasteiger partial charge in [-0.25, -0.2) is 0 Å². The van der Waals surface area contributed by atoms with E-state index in [1.807, 2.05) is 26.2 Å². The molecule has 0 unspecified atom stereocenters. The zero-order chi connectivity index (χ0) is 19.4. The molecule has 1 atom stereocenters. The Bertz CT molecular complexity index is 833. The largest absolute Gasteiger partial charge is 0.353 e. The first-order chi connectivity index (χ1) is 13.0. The normalized spacial score (nSPS) is 17.1. The van der Waals surface area contributed by atoms with Crippen molar-refractivity contribution in [3.8, 4) is 0 Å². The van der Waals surface area contributed by atoms with Crippen molar-refractivity contribution in [3.05, 3.63) is 52.8 Å². The van der Waals surface area contributed by atoms with Gasteiger partial charge in [0.2, 0.25) is 11.8 Å². The summed E-state index contributed by atoms with van der Waals surface area (Å²) in [5, 5.41) is 6.09. The summed E-state index contributed by atoms with van der Waals surface area (Å²) in [7, 11) is 2.02. The zero-order valence-corrected chi connectivity index (χ0v) is 16.4. The van der Waals surface area contributed by atoms with Crippen LogP contribution in [0.15, 0.2) is 36.5 Å². The number of likely N-dealkylation sites (tertiary alicyclic amines) is 1. The molecule has 3 rings (SSSR count). The smallest absolute Gasteiger partial charge is 0.243 e. The highest BCUT2D eigenvalue weighted by Crippen LogP contribution is 2.31. The van der Waals surface area contributed by atoms with Crippen LogP contribution < -0.4 is 10.6 Å². The summed E-state index contributed by atoms with van der Waals surface area (Å²) in [5.41, 5.74) is 2.68. The van der Waals surface area contributed by atoms with Gasteiger partial charge in [-0.1, -0.05) is 17.7 Å². The molecule has 0 aliphatic carbocycles. The van der Waals surface area contributed by atoms with E-state index < -0.39 is 0 Å². The number of nitrogens with zero attached hydrogens (tertiary/aromatic N) is 2. The molecular weight excluding hydrogens is 364 g/mol. The maximum Gasteiger partial charge on any atom is 0.243 e. The van der Waals surface area contributed by atoms with E-state index in [-0.39, 0.29) is 24.4 Å². The minimum atomic E-state index is -0.269. The lowest BCUT2D eigenvalue weighted by molar-refractivity contribution is -0.125. The van der Waals surface area contributed by atoms with Gasteiger partial charge < -0.3 is 15.2 Å². The Labute approximate surface area is 164 Å². The maximum atomic E-state index is 12.3. The van der Waals surface area contributed by atoms with E-state index in [0.29, 0.717) is 17.3 Å². The number of aryl methyl sites for hydroxylation is 1. The Balaban J connectivity index is 1.50. The van der Waals surface area contributed by atoms with Crippen LogP contribution in [0.4, 0.5) is 5.69 Å². The Hall–Kier alpha value is -2.31. The highest BCUT2D eigenvalue weighted by molar-refractivity contribution is 6.31. The fourth-order valence-electron chi connectivity index (χ4n) is 3.53. The predicted molar refractivity (Wildman–Crippen MR) is 107 cm³/mol. The minimum Gasteiger partial charge on any atom is -0.353 e. The molecule has 2 N–H and O–H groups in total. The first-order valence-electron chi connectivity index (χ1n) is 9.12.